The van der Waals surface area contributed by atoms with Gasteiger partial charge in [-0.2, -0.15) is 0 Å². The van der Waals surface area contributed by atoms with Crippen LogP contribution in [-0.4, -0.2) is 90.8 Å². The molecule has 1 aromatic rings. The van der Waals surface area contributed by atoms with Gasteiger partial charge in [-0.15, -0.1) is 0 Å². The Bertz CT molecular complexity index is 1620. The smallest absolute Gasteiger partial charge is 0.328 e. The summed E-state index contributed by atoms with van der Waals surface area (Å²) in [7, 11) is 0. The molecule has 2 amide bonds. The number of rotatable bonds is 22. The highest BCUT2D eigenvalue weighted by molar-refractivity contribution is 6.01. The lowest BCUT2D eigenvalue weighted by Gasteiger charge is -2.33. The van der Waals surface area contributed by atoms with Gasteiger partial charge < -0.3 is 40.9 Å². The van der Waals surface area contributed by atoms with Crippen LogP contribution >= 0.6 is 0 Å². The van der Waals surface area contributed by atoms with E-state index in [0.717, 1.165) is 40.5 Å². The largest absolute Gasteiger partial charge is 0.478 e. The molecule has 0 fully saturated rings. The number of aliphatic hydroxyl groups is 1. The van der Waals surface area contributed by atoms with Gasteiger partial charge >= 0.3 is 11.9 Å². The average molecular weight is 765 g/mol. The van der Waals surface area contributed by atoms with Gasteiger partial charge in [-0.25, -0.2) is 9.59 Å². The summed E-state index contributed by atoms with van der Waals surface area (Å²) in [6.45, 7) is 14.0. The van der Waals surface area contributed by atoms with Gasteiger partial charge in [0.2, 0.25) is 0 Å². The van der Waals surface area contributed by atoms with Crippen molar-refractivity contribution in [1.82, 2.24) is 10.6 Å². The highest BCUT2D eigenvalue weighted by atomic mass is 16.6. The van der Waals surface area contributed by atoms with E-state index in [0.29, 0.717) is 24.8 Å². The number of nitrogens with two attached hydrogens (primary N) is 1. The standard InChI is InChI=1S/C42H60N4O9/c1-28(2)24-36(45-40(51)39(50)34(43)26-32-14-9-8-10-15-32)41(52)54-23-22-53-21-20-44-37(47)27-55-46-35-18-19-42(6,7)33(31(35)5)17-16-29(3)12-11-13-30(4)25-38(48)49/h8-17,25,28,34,36,39,50H,18-24,26-27,43H2,1-7H3,(H,44,47)(H,45,51)(H,48,49)/t34-,36+,39+/m1/s1. The number of carbonyl (C=O) groups excluding carboxylic acids is 3. The van der Waals surface area contributed by atoms with E-state index in [1.165, 1.54) is 0 Å². The van der Waals surface area contributed by atoms with Crippen LogP contribution < -0.4 is 16.4 Å². The summed E-state index contributed by atoms with van der Waals surface area (Å²) in [6.07, 6.45) is 11.3. The number of benzene rings is 1. The van der Waals surface area contributed by atoms with Gasteiger partial charge in [0, 0.05) is 18.7 Å². The fraction of sp³-hybridized carbons (Fsp3) is 0.500. The molecule has 0 bridgehead atoms. The first-order chi connectivity index (χ1) is 26.0. The number of hydrogen-bond acceptors (Lipinski definition) is 10. The Labute approximate surface area is 325 Å². The predicted molar refractivity (Wildman–Crippen MR) is 213 cm³/mol. The molecule has 0 saturated carbocycles. The summed E-state index contributed by atoms with van der Waals surface area (Å²) in [5.41, 5.74) is 11.4. The van der Waals surface area contributed by atoms with Gasteiger partial charge in [0.25, 0.3) is 11.8 Å². The zero-order chi connectivity index (χ0) is 41.0. The SMILES string of the molecule is CC(C=CC1=C(C)C(=NOCC(=O)NCCOCCOC(=O)[C@H](CC(C)C)NC(=O)[C@@H](O)[C@H](N)Cc2ccccc2)CCC1(C)C)=CC=CC(C)=CC(=O)O. The Kier molecular flexibility index (Phi) is 20.1. The lowest BCUT2D eigenvalue weighted by atomic mass is 9.72. The van der Waals surface area contributed by atoms with Gasteiger partial charge in [0.05, 0.1) is 18.9 Å². The lowest BCUT2D eigenvalue weighted by molar-refractivity contribution is -0.150. The normalized spacial score (nSPS) is 17.4. The third-order valence-electron chi connectivity index (χ3n) is 8.84. The molecule has 55 heavy (non-hydrogen) atoms. The van der Waals surface area contributed by atoms with Crippen LogP contribution in [0.25, 0.3) is 0 Å². The van der Waals surface area contributed by atoms with Crippen LogP contribution in [-0.2, 0) is 39.9 Å². The molecule has 1 aliphatic carbocycles. The molecule has 6 N–H and O–H groups in total. The highest BCUT2D eigenvalue weighted by Crippen LogP contribution is 2.40. The number of oxime groups is 1. The van der Waals surface area contributed by atoms with Gasteiger partial charge in [0.15, 0.2) is 6.61 Å². The number of carboxylic acids is 1. The van der Waals surface area contributed by atoms with E-state index in [4.69, 9.17) is 25.2 Å². The maximum absolute atomic E-state index is 12.8. The second-order valence-corrected chi connectivity index (χ2v) is 14.7. The molecule has 0 aliphatic heterocycles. The number of ether oxygens (including phenoxy) is 2. The number of nitrogens with zero attached hydrogens (tertiary/aromatic N) is 1. The molecule has 0 spiro atoms. The number of hydrogen-bond donors (Lipinski definition) is 5. The highest BCUT2D eigenvalue weighted by Gasteiger charge is 2.31. The summed E-state index contributed by atoms with van der Waals surface area (Å²) < 4.78 is 10.8. The number of carbonyl (C=O) groups is 4. The third-order valence-corrected chi connectivity index (χ3v) is 8.84. The molecule has 13 nitrogen and oxygen atoms in total. The Morgan fingerprint density at radius 2 is 1.75 bits per heavy atom. The zero-order valence-corrected chi connectivity index (χ0v) is 33.3. The van der Waals surface area contributed by atoms with Crippen molar-refractivity contribution >= 4 is 29.5 Å². The van der Waals surface area contributed by atoms with E-state index in [9.17, 15) is 24.3 Å². The fourth-order valence-corrected chi connectivity index (χ4v) is 5.77. The van der Waals surface area contributed by atoms with Crippen molar-refractivity contribution in [1.29, 1.82) is 0 Å². The molecule has 0 unspecified atom stereocenters. The molecule has 2 rings (SSSR count). The van der Waals surface area contributed by atoms with Crippen LogP contribution in [0, 0.1) is 11.3 Å². The summed E-state index contributed by atoms with van der Waals surface area (Å²) in [5.74, 6) is -2.67. The molecule has 0 radical (unpaired) electrons. The maximum Gasteiger partial charge on any atom is 0.328 e. The first kappa shape index (κ1) is 46.3. The van der Waals surface area contributed by atoms with E-state index in [1.807, 2.05) is 76.3 Å². The van der Waals surface area contributed by atoms with Crippen molar-refractivity contribution in [3.8, 4) is 0 Å². The number of esters is 1. The number of aliphatic hydroxyl groups excluding tert-OH is 1. The van der Waals surface area contributed by atoms with Crippen LogP contribution in [0.2, 0.25) is 0 Å². The zero-order valence-electron chi connectivity index (χ0n) is 33.3. The Hall–Kier alpha value is -4.85. The summed E-state index contributed by atoms with van der Waals surface area (Å²) in [4.78, 5) is 54.1. The number of carboxylic acid groups (broad SMARTS) is 1. The monoisotopic (exact) mass is 764 g/mol. The molecule has 302 valence electrons. The second-order valence-electron chi connectivity index (χ2n) is 14.7. The Morgan fingerprint density at radius 1 is 1.04 bits per heavy atom. The maximum atomic E-state index is 12.8. The molecule has 13 heteroatoms. The number of aliphatic carboxylic acids is 1. The van der Waals surface area contributed by atoms with Crippen molar-refractivity contribution < 1.29 is 43.7 Å². The minimum atomic E-state index is -1.50. The van der Waals surface area contributed by atoms with E-state index in [1.54, 1.807) is 13.0 Å². The van der Waals surface area contributed by atoms with E-state index in [-0.39, 0.29) is 50.2 Å². The van der Waals surface area contributed by atoms with E-state index in [2.05, 4.69) is 35.7 Å². The number of nitrogens with one attached hydrogen (secondary N) is 2. The number of amides is 2. The first-order valence-electron chi connectivity index (χ1n) is 18.6. The van der Waals surface area contributed by atoms with Crippen LogP contribution in [0.1, 0.15) is 73.3 Å². The summed E-state index contributed by atoms with van der Waals surface area (Å²) in [6, 6.07) is 7.46. The number of allylic oxidation sites excluding steroid dienone is 9. The molecule has 3 atom stereocenters. The van der Waals surface area contributed by atoms with Crippen molar-refractivity contribution in [3.05, 3.63) is 94.6 Å². The molecular weight excluding hydrogens is 704 g/mol. The predicted octanol–water partition coefficient (Wildman–Crippen LogP) is 4.72. The van der Waals surface area contributed by atoms with Gasteiger partial charge in [0.1, 0.15) is 18.8 Å². The van der Waals surface area contributed by atoms with Crippen molar-refractivity contribution in [2.75, 3.05) is 33.0 Å². The van der Waals surface area contributed by atoms with Gasteiger partial charge in [-0.3, -0.25) is 9.59 Å². The van der Waals surface area contributed by atoms with Crippen LogP contribution in [0.5, 0.6) is 0 Å². The summed E-state index contributed by atoms with van der Waals surface area (Å²) in [5, 5.41) is 28.9. The van der Waals surface area contributed by atoms with Gasteiger partial charge in [-0.05, 0) is 80.1 Å². The van der Waals surface area contributed by atoms with Crippen molar-refractivity contribution in [2.24, 2.45) is 22.2 Å². The quantitative estimate of drug-likeness (QED) is 0.0362. The molecule has 0 aromatic heterocycles. The van der Waals surface area contributed by atoms with E-state index < -0.39 is 36.0 Å². The molecular formula is C42H60N4O9. The second kappa shape index (κ2) is 23.8. The average Bonchev–Trinajstić information content (AvgIpc) is 3.11. The third kappa shape index (κ3) is 17.9. The van der Waals surface area contributed by atoms with Crippen LogP contribution in [0.3, 0.4) is 0 Å². The van der Waals surface area contributed by atoms with Crippen molar-refractivity contribution in [3.63, 3.8) is 0 Å². The summed E-state index contributed by atoms with van der Waals surface area (Å²) >= 11 is 0. The van der Waals surface area contributed by atoms with E-state index >= 15 is 0 Å². The van der Waals surface area contributed by atoms with Crippen LogP contribution in [0.15, 0.2) is 94.2 Å². The molecule has 1 aliphatic rings. The van der Waals surface area contributed by atoms with Gasteiger partial charge in [-0.1, -0.05) is 99.1 Å². The minimum absolute atomic E-state index is 0.0619. The van der Waals surface area contributed by atoms with Crippen LogP contribution in [0.4, 0.5) is 0 Å². The van der Waals surface area contributed by atoms with Crippen molar-refractivity contribution in [2.45, 2.75) is 92.3 Å². The molecule has 0 heterocycles. The Balaban J connectivity index is 1.76. The fourth-order valence-electron chi connectivity index (χ4n) is 5.77. The lowest BCUT2D eigenvalue weighted by Crippen LogP contribution is -2.52. The Morgan fingerprint density at radius 3 is 2.42 bits per heavy atom. The first-order valence-corrected chi connectivity index (χ1v) is 18.6. The molecule has 0 saturated heterocycles. The molecule has 1 aromatic carbocycles. The topological polar surface area (TPSA) is 199 Å². The minimum Gasteiger partial charge on any atom is -0.478 e.